The number of anilines is 2. The Morgan fingerprint density at radius 1 is 1.27 bits per heavy atom. The van der Waals surface area contributed by atoms with Gasteiger partial charge in [0.1, 0.15) is 5.69 Å². The smallest absolute Gasteiger partial charge is 0.274 e. The van der Waals surface area contributed by atoms with E-state index >= 15 is 0 Å². The van der Waals surface area contributed by atoms with Crippen LogP contribution >= 0.6 is 15.9 Å². The van der Waals surface area contributed by atoms with E-state index in [1.807, 2.05) is 25.1 Å². The molecule has 2 aromatic rings. The fourth-order valence-corrected chi connectivity index (χ4v) is 2.79. The van der Waals surface area contributed by atoms with Gasteiger partial charge in [-0.2, -0.15) is 0 Å². The molecule has 1 aliphatic rings. The summed E-state index contributed by atoms with van der Waals surface area (Å²) >= 11 is 3.46. The number of hydrogen-bond acceptors (Lipinski definition) is 4. The second-order valence-electron chi connectivity index (χ2n) is 5.35. The number of hydrogen-bond donors (Lipinski definition) is 1. The predicted molar refractivity (Wildman–Crippen MR) is 90.3 cm³/mol. The summed E-state index contributed by atoms with van der Waals surface area (Å²) in [6.45, 7) is 3.91. The second kappa shape index (κ2) is 6.44. The molecular formula is C16H17BrN4O. The third-order valence-corrected chi connectivity index (χ3v) is 4.55. The van der Waals surface area contributed by atoms with E-state index in [2.05, 4.69) is 36.1 Å². The molecule has 0 bridgehead atoms. The maximum atomic E-state index is 12.3. The summed E-state index contributed by atoms with van der Waals surface area (Å²) in [5.41, 5.74) is 2.24. The highest BCUT2D eigenvalue weighted by molar-refractivity contribution is 9.10. The zero-order valence-electron chi connectivity index (χ0n) is 12.3. The predicted octanol–water partition coefficient (Wildman–Crippen LogP) is 3.40. The SMILES string of the molecule is Cc1ccc(NC(=O)c2ccnc(N3CCCC3)n2)cc1Br. The van der Waals surface area contributed by atoms with Crippen molar-refractivity contribution >= 4 is 33.5 Å². The Morgan fingerprint density at radius 3 is 2.77 bits per heavy atom. The van der Waals surface area contributed by atoms with Gasteiger partial charge in [0.25, 0.3) is 5.91 Å². The van der Waals surface area contributed by atoms with Gasteiger partial charge in [-0.05, 0) is 43.5 Å². The fraction of sp³-hybridized carbons (Fsp3) is 0.312. The number of carbonyl (C=O) groups is 1. The van der Waals surface area contributed by atoms with Gasteiger partial charge in [0.05, 0.1) is 0 Å². The summed E-state index contributed by atoms with van der Waals surface area (Å²) in [5.74, 6) is 0.411. The number of aryl methyl sites for hydroxylation is 1. The van der Waals surface area contributed by atoms with Gasteiger partial charge in [-0.25, -0.2) is 9.97 Å². The Bertz CT molecular complexity index is 698. The quantitative estimate of drug-likeness (QED) is 0.911. The average Bonchev–Trinajstić information content (AvgIpc) is 3.05. The lowest BCUT2D eigenvalue weighted by Crippen LogP contribution is -2.22. The van der Waals surface area contributed by atoms with Crippen molar-refractivity contribution in [3.63, 3.8) is 0 Å². The molecule has 3 rings (SSSR count). The van der Waals surface area contributed by atoms with E-state index in [-0.39, 0.29) is 5.91 Å². The van der Waals surface area contributed by atoms with Crippen molar-refractivity contribution in [3.8, 4) is 0 Å². The Morgan fingerprint density at radius 2 is 2.05 bits per heavy atom. The van der Waals surface area contributed by atoms with E-state index < -0.39 is 0 Å². The molecule has 1 aromatic heterocycles. The molecule has 1 N–H and O–H groups in total. The molecule has 1 amide bonds. The van der Waals surface area contributed by atoms with Crippen molar-refractivity contribution < 1.29 is 4.79 Å². The highest BCUT2D eigenvalue weighted by atomic mass is 79.9. The second-order valence-corrected chi connectivity index (χ2v) is 6.21. The van der Waals surface area contributed by atoms with Crippen LogP contribution in [-0.4, -0.2) is 29.0 Å². The van der Waals surface area contributed by atoms with Crippen LogP contribution in [0.1, 0.15) is 28.9 Å². The van der Waals surface area contributed by atoms with E-state index in [1.54, 1.807) is 12.3 Å². The zero-order valence-corrected chi connectivity index (χ0v) is 13.9. The average molecular weight is 361 g/mol. The molecule has 1 aliphatic heterocycles. The molecule has 0 atom stereocenters. The number of rotatable bonds is 3. The number of halogens is 1. The molecule has 0 unspecified atom stereocenters. The lowest BCUT2D eigenvalue weighted by atomic mass is 10.2. The van der Waals surface area contributed by atoms with Gasteiger partial charge in [-0.3, -0.25) is 4.79 Å². The fourth-order valence-electron chi connectivity index (χ4n) is 2.41. The van der Waals surface area contributed by atoms with Gasteiger partial charge in [0, 0.05) is 29.4 Å². The first-order chi connectivity index (χ1) is 10.6. The van der Waals surface area contributed by atoms with Crippen LogP contribution in [0.3, 0.4) is 0 Å². The van der Waals surface area contributed by atoms with Crippen molar-refractivity contribution in [2.75, 3.05) is 23.3 Å². The number of nitrogens with one attached hydrogen (secondary N) is 1. The number of nitrogens with zero attached hydrogens (tertiary/aromatic N) is 3. The standard InChI is InChI=1S/C16H17BrN4O/c1-11-4-5-12(10-13(11)17)19-15(22)14-6-7-18-16(20-14)21-8-2-3-9-21/h4-7,10H,2-3,8-9H2,1H3,(H,19,22). The number of benzene rings is 1. The van der Waals surface area contributed by atoms with Crippen molar-refractivity contribution in [2.24, 2.45) is 0 Å². The van der Waals surface area contributed by atoms with Crippen LogP contribution in [-0.2, 0) is 0 Å². The van der Waals surface area contributed by atoms with Gasteiger partial charge in [0.15, 0.2) is 0 Å². The largest absolute Gasteiger partial charge is 0.341 e. The normalized spacial score (nSPS) is 14.2. The molecule has 114 valence electrons. The monoisotopic (exact) mass is 360 g/mol. The first-order valence-electron chi connectivity index (χ1n) is 7.29. The highest BCUT2D eigenvalue weighted by Crippen LogP contribution is 2.21. The van der Waals surface area contributed by atoms with Crippen LogP contribution in [0.2, 0.25) is 0 Å². The molecule has 2 heterocycles. The number of aromatic nitrogens is 2. The Hall–Kier alpha value is -1.95. The molecule has 1 saturated heterocycles. The first-order valence-corrected chi connectivity index (χ1v) is 8.08. The van der Waals surface area contributed by atoms with Crippen LogP contribution in [0.4, 0.5) is 11.6 Å². The molecule has 0 radical (unpaired) electrons. The molecule has 5 nitrogen and oxygen atoms in total. The third kappa shape index (κ3) is 3.27. The Balaban J connectivity index is 1.76. The summed E-state index contributed by atoms with van der Waals surface area (Å²) in [6, 6.07) is 7.35. The van der Waals surface area contributed by atoms with E-state index in [9.17, 15) is 4.79 Å². The first kappa shape index (κ1) is 15.0. The van der Waals surface area contributed by atoms with Crippen molar-refractivity contribution in [3.05, 3.63) is 46.2 Å². The van der Waals surface area contributed by atoms with Crippen LogP contribution in [0.25, 0.3) is 0 Å². The maximum absolute atomic E-state index is 12.3. The van der Waals surface area contributed by atoms with Gasteiger partial charge in [-0.1, -0.05) is 22.0 Å². The van der Waals surface area contributed by atoms with Gasteiger partial charge >= 0.3 is 0 Å². The minimum absolute atomic E-state index is 0.224. The van der Waals surface area contributed by atoms with E-state index in [1.165, 1.54) is 0 Å². The minimum Gasteiger partial charge on any atom is -0.341 e. The topological polar surface area (TPSA) is 58.1 Å². The van der Waals surface area contributed by atoms with Crippen LogP contribution < -0.4 is 10.2 Å². The molecular weight excluding hydrogens is 344 g/mol. The molecule has 0 saturated carbocycles. The Labute approximate surface area is 137 Å². The van der Waals surface area contributed by atoms with Crippen LogP contribution in [0, 0.1) is 6.92 Å². The lowest BCUT2D eigenvalue weighted by molar-refractivity contribution is 0.102. The molecule has 6 heteroatoms. The molecule has 1 fully saturated rings. The maximum Gasteiger partial charge on any atom is 0.274 e. The summed E-state index contributed by atoms with van der Waals surface area (Å²) in [5, 5.41) is 2.87. The van der Waals surface area contributed by atoms with E-state index in [0.29, 0.717) is 11.6 Å². The van der Waals surface area contributed by atoms with Crippen LogP contribution in [0.15, 0.2) is 34.9 Å². The summed E-state index contributed by atoms with van der Waals surface area (Å²) in [7, 11) is 0. The highest BCUT2D eigenvalue weighted by Gasteiger charge is 2.17. The number of carbonyl (C=O) groups excluding carboxylic acids is 1. The van der Waals surface area contributed by atoms with Crippen molar-refractivity contribution in [1.82, 2.24) is 9.97 Å². The van der Waals surface area contributed by atoms with Crippen molar-refractivity contribution in [2.45, 2.75) is 19.8 Å². The van der Waals surface area contributed by atoms with Gasteiger partial charge < -0.3 is 10.2 Å². The van der Waals surface area contributed by atoms with E-state index in [4.69, 9.17) is 0 Å². The van der Waals surface area contributed by atoms with E-state index in [0.717, 1.165) is 41.7 Å². The molecule has 1 aromatic carbocycles. The summed E-state index contributed by atoms with van der Waals surface area (Å²) < 4.78 is 0.964. The van der Waals surface area contributed by atoms with Crippen LogP contribution in [0.5, 0.6) is 0 Å². The third-order valence-electron chi connectivity index (χ3n) is 3.69. The molecule has 0 spiro atoms. The molecule has 0 aliphatic carbocycles. The number of amides is 1. The minimum atomic E-state index is -0.224. The zero-order chi connectivity index (χ0) is 15.5. The Kier molecular flexibility index (Phi) is 4.38. The van der Waals surface area contributed by atoms with Gasteiger partial charge in [0.2, 0.25) is 5.95 Å². The molecule has 22 heavy (non-hydrogen) atoms. The lowest BCUT2D eigenvalue weighted by Gasteiger charge is -2.15. The summed E-state index contributed by atoms with van der Waals surface area (Å²) in [6.07, 6.45) is 3.94. The van der Waals surface area contributed by atoms with Crippen molar-refractivity contribution in [1.29, 1.82) is 0 Å². The summed E-state index contributed by atoms with van der Waals surface area (Å²) in [4.78, 5) is 23.1. The van der Waals surface area contributed by atoms with Gasteiger partial charge in [-0.15, -0.1) is 0 Å².